The Kier molecular flexibility index (Phi) is 6.88. The lowest BCUT2D eigenvalue weighted by molar-refractivity contribution is 0.0939. The van der Waals surface area contributed by atoms with Gasteiger partial charge in [-0.25, -0.2) is 26.3 Å². The van der Waals surface area contributed by atoms with Crippen LogP contribution in [0.25, 0.3) is 28.0 Å². The van der Waals surface area contributed by atoms with Gasteiger partial charge < -0.3 is 5.32 Å². The molecule has 200 valence electrons. The quantitative estimate of drug-likeness (QED) is 0.363. The Balaban J connectivity index is 1.86. The van der Waals surface area contributed by atoms with Crippen molar-refractivity contribution in [2.24, 2.45) is 0 Å². The fraction of sp³-hybridized carbons (Fsp3) is 0.200. The monoisotopic (exact) mass is 603 g/mol. The molecule has 0 bridgehead atoms. The molecule has 0 saturated carbocycles. The molecule has 2 aromatic carbocycles. The van der Waals surface area contributed by atoms with Crippen LogP contribution in [-0.4, -0.2) is 61.1 Å². The van der Waals surface area contributed by atoms with Crippen LogP contribution < -0.4 is 5.32 Å². The highest BCUT2D eigenvalue weighted by atomic mass is 35.5. The average Bonchev–Trinajstić information content (AvgIpc) is 3.43. The van der Waals surface area contributed by atoms with E-state index in [0.717, 1.165) is 6.26 Å². The Bertz CT molecular complexity index is 1910. The average molecular weight is 604 g/mol. The Morgan fingerprint density at radius 3 is 2.44 bits per heavy atom. The van der Waals surface area contributed by atoms with Crippen LogP contribution in [0.1, 0.15) is 22.5 Å². The molecule has 1 saturated heterocycles. The lowest BCUT2D eigenvalue weighted by Crippen LogP contribution is -2.36. The number of benzene rings is 2. The molecule has 10 nitrogen and oxygen atoms in total. The molecule has 0 spiro atoms. The van der Waals surface area contributed by atoms with E-state index in [1.54, 1.807) is 48.5 Å². The van der Waals surface area contributed by atoms with Gasteiger partial charge >= 0.3 is 0 Å². The molecule has 14 heteroatoms. The molecule has 1 atom stereocenters. The number of hydrogen-bond acceptors (Lipinski definition) is 8. The van der Waals surface area contributed by atoms with Crippen molar-refractivity contribution in [3.8, 4) is 28.5 Å². The first-order chi connectivity index (χ1) is 18.4. The molecule has 3 heterocycles. The summed E-state index contributed by atoms with van der Waals surface area (Å²) in [6.45, 7) is 0. The van der Waals surface area contributed by atoms with Crippen molar-refractivity contribution in [1.82, 2.24) is 19.9 Å². The standard InChI is InChI=1S/C25H19Cl2N5O5S2/c1-38(34,35)25-21(24(33)29-16-10-11-39(36,37)13-16)23-30-19(12-28)20(17-4-2-3-5-18(17)27)22(32(23)31-25)14-6-8-15(26)9-7-14/h2-9,16H,10-11,13H2,1H3,(H,29,33). The minimum Gasteiger partial charge on any atom is -0.348 e. The maximum Gasteiger partial charge on any atom is 0.258 e. The second-order valence-corrected chi connectivity index (χ2v) is 14.0. The predicted octanol–water partition coefficient (Wildman–Crippen LogP) is 3.56. The van der Waals surface area contributed by atoms with Crippen LogP contribution in [-0.2, 0) is 19.7 Å². The van der Waals surface area contributed by atoms with Gasteiger partial charge in [-0.1, -0.05) is 53.5 Å². The third-order valence-corrected chi connectivity index (χ3v) is 9.58. The van der Waals surface area contributed by atoms with E-state index >= 15 is 0 Å². The second kappa shape index (κ2) is 9.91. The highest BCUT2D eigenvalue weighted by molar-refractivity contribution is 7.91. The van der Waals surface area contributed by atoms with Gasteiger partial charge in [0.1, 0.15) is 11.6 Å². The van der Waals surface area contributed by atoms with Gasteiger partial charge in [-0.3, -0.25) is 4.79 Å². The number of nitrogens with one attached hydrogen (secondary N) is 1. The summed E-state index contributed by atoms with van der Waals surface area (Å²) in [5.41, 5.74) is 0.759. The zero-order valence-electron chi connectivity index (χ0n) is 20.2. The summed E-state index contributed by atoms with van der Waals surface area (Å²) in [5.74, 6) is -1.23. The number of sulfone groups is 2. The fourth-order valence-corrected chi connectivity index (χ4v) is 7.34. The highest BCUT2D eigenvalue weighted by Gasteiger charge is 2.35. The number of nitriles is 1. The van der Waals surface area contributed by atoms with E-state index in [1.165, 1.54) is 4.52 Å². The Morgan fingerprint density at radius 2 is 1.85 bits per heavy atom. The smallest absolute Gasteiger partial charge is 0.258 e. The number of rotatable bonds is 5. The minimum absolute atomic E-state index is 0.0929. The first-order valence-electron chi connectivity index (χ1n) is 11.5. The molecular formula is C25H19Cl2N5O5S2. The summed E-state index contributed by atoms with van der Waals surface area (Å²) >= 11 is 12.6. The first-order valence-corrected chi connectivity index (χ1v) is 16.0. The number of halogens is 2. The number of carbonyl (C=O) groups excluding carboxylic acids is 1. The maximum absolute atomic E-state index is 13.5. The number of fused-ring (bicyclic) bond motifs is 1. The van der Waals surface area contributed by atoms with Crippen LogP contribution >= 0.6 is 23.2 Å². The van der Waals surface area contributed by atoms with Crippen LogP contribution in [0.5, 0.6) is 0 Å². The van der Waals surface area contributed by atoms with Gasteiger partial charge in [-0.15, -0.1) is 0 Å². The molecule has 5 rings (SSSR count). The summed E-state index contributed by atoms with van der Waals surface area (Å²) in [5, 5.41) is 17.2. The summed E-state index contributed by atoms with van der Waals surface area (Å²) in [7, 11) is -7.41. The van der Waals surface area contributed by atoms with Gasteiger partial charge in [-0.05, 0) is 24.6 Å². The van der Waals surface area contributed by atoms with Gasteiger partial charge in [0.25, 0.3) is 5.91 Å². The van der Waals surface area contributed by atoms with Gasteiger partial charge in [0, 0.05) is 39.0 Å². The maximum atomic E-state index is 13.5. The molecule has 1 amide bonds. The molecule has 2 aromatic heterocycles. The number of hydrogen-bond donors (Lipinski definition) is 1. The molecule has 1 aliphatic heterocycles. The van der Waals surface area contributed by atoms with Crippen molar-refractivity contribution in [3.05, 3.63) is 69.8 Å². The number of aromatic nitrogens is 3. The van der Waals surface area contributed by atoms with Crippen molar-refractivity contribution in [2.75, 3.05) is 17.8 Å². The normalized spacial score (nSPS) is 16.7. The van der Waals surface area contributed by atoms with Crippen molar-refractivity contribution >= 4 is 54.4 Å². The fourth-order valence-electron chi connectivity index (χ4n) is 4.53. The van der Waals surface area contributed by atoms with E-state index < -0.39 is 36.6 Å². The Morgan fingerprint density at radius 1 is 1.15 bits per heavy atom. The number of amides is 1. The van der Waals surface area contributed by atoms with Crippen molar-refractivity contribution in [1.29, 1.82) is 5.26 Å². The summed E-state index contributed by atoms with van der Waals surface area (Å²) in [6.07, 6.45) is 1.08. The highest BCUT2D eigenvalue weighted by Crippen LogP contribution is 2.39. The SMILES string of the molecule is CS(=O)(=O)c1nn2c(-c3ccc(Cl)cc3)c(-c3ccccc3Cl)c(C#N)nc2c1C(=O)NC1CCS(=O)(=O)C1. The molecule has 39 heavy (non-hydrogen) atoms. The van der Waals surface area contributed by atoms with Crippen molar-refractivity contribution in [3.63, 3.8) is 0 Å². The van der Waals surface area contributed by atoms with E-state index in [9.17, 15) is 26.9 Å². The van der Waals surface area contributed by atoms with E-state index in [4.69, 9.17) is 23.2 Å². The van der Waals surface area contributed by atoms with Crippen molar-refractivity contribution in [2.45, 2.75) is 17.5 Å². The van der Waals surface area contributed by atoms with E-state index in [0.29, 0.717) is 21.2 Å². The van der Waals surface area contributed by atoms with Gasteiger partial charge in [0.2, 0.25) is 0 Å². The third kappa shape index (κ3) is 5.10. The van der Waals surface area contributed by atoms with Gasteiger partial charge in [0.05, 0.1) is 17.2 Å². The molecule has 4 aromatic rings. The molecule has 1 fully saturated rings. The second-order valence-electron chi connectivity index (χ2n) is 9.04. The topological polar surface area (TPSA) is 151 Å². The van der Waals surface area contributed by atoms with Crippen LogP contribution in [0.15, 0.2) is 53.6 Å². The molecule has 1 aliphatic rings. The number of carbonyl (C=O) groups is 1. The van der Waals surface area contributed by atoms with Crippen molar-refractivity contribution < 1.29 is 21.6 Å². The minimum atomic E-state index is -4.09. The van der Waals surface area contributed by atoms with E-state index in [-0.39, 0.29) is 46.1 Å². The van der Waals surface area contributed by atoms with Gasteiger partial charge in [-0.2, -0.15) is 10.4 Å². The van der Waals surface area contributed by atoms with Crippen LogP contribution in [0.4, 0.5) is 0 Å². The molecule has 0 radical (unpaired) electrons. The molecule has 1 N–H and O–H groups in total. The molecule has 1 unspecified atom stereocenters. The van der Waals surface area contributed by atoms with Crippen LogP contribution in [0.3, 0.4) is 0 Å². The zero-order valence-corrected chi connectivity index (χ0v) is 23.4. The zero-order chi connectivity index (χ0) is 28.1. The Hall–Kier alpha value is -3.50. The summed E-state index contributed by atoms with van der Waals surface area (Å²) < 4.78 is 50.7. The largest absolute Gasteiger partial charge is 0.348 e. The predicted molar refractivity (Wildman–Crippen MR) is 146 cm³/mol. The number of nitrogens with zero attached hydrogens (tertiary/aromatic N) is 4. The first kappa shape index (κ1) is 27.1. The lowest BCUT2D eigenvalue weighted by Gasteiger charge is -2.15. The summed E-state index contributed by atoms with van der Waals surface area (Å²) in [6, 6.07) is 14.6. The summed E-state index contributed by atoms with van der Waals surface area (Å²) in [4.78, 5) is 17.9. The van der Waals surface area contributed by atoms with E-state index in [2.05, 4.69) is 15.4 Å². The Labute approximate surface area is 234 Å². The molecular weight excluding hydrogens is 585 g/mol. The van der Waals surface area contributed by atoms with E-state index in [1.807, 2.05) is 6.07 Å². The van der Waals surface area contributed by atoms with Gasteiger partial charge in [0.15, 0.2) is 36.0 Å². The third-order valence-electron chi connectivity index (χ3n) is 6.24. The van der Waals surface area contributed by atoms with Crippen LogP contribution in [0.2, 0.25) is 10.0 Å². The van der Waals surface area contributed by atoms with Crippen LogP contribution in [0, 0.1) is 11.3 Å². The molecule has 0 aliphatic carbocycles. The lowest BCUT2D eigenvalue weighted by atomic mass is 9.97.